The Labute approximate surface area is 115 Å². The molecule has 0 heterocycles. The van der Waals surface area contributed by atoms with Crippen LogP contribution in [0.4, 0.5) is 0 Å². The average molecular weight is 317 g/mol. The van der Waals surface area contributed by atoms with Crippen LogP contribution in [-0.4, -0.2) is 31.4 Å². The van der Waals surface area contributed by atoms with Gasteiger partial charge in [0.2, 0.25) is 0 Å². The lowest BCUT2D eigenvalue weighted by molar-refractivity contribution is -0.168. The number of aliphatic hydroxyl groups is 1. The summed E-state index contributed by atoms with van der Waals surface area (Å²) < 4.78 is 10.7. The Bertz CT molecular complexity index is 408. The van der Waals surface area contributed by atoms with Gasteiger partial charge in [-0.25, -0.2) is 4.79 Å². The van der Waals surface area contributed by atoms with Gasteiger partial charge in [0.15, 0.2) is 5.60 Å². The zero-order chi connectivity index (χ0) is 13.6. The number of carbonyl (C=O) groups excluding carboxylic acids is 1. The minimum atomic E-state index is -1.67. The average Bonchev–Trinajstić information content (AvgIpc) is 2.36. The minimum Gasteiger partial charge on any atom is -0.464 e. The third-order valence-corrected chi connectivity index (χ3v) is 3.08. The highest BCUT2D eigenvalue weighted by atomic mass is 79.9. The number of rotatable bonds is 6. The monoisotopic (exact) mass is 316 g/mol. The molecule has 0 fully saturated rings. The second-order valence-corrected chi connectivity index (χ2v) is 4.75. The summed E-state index contributed by atoms with van der Waals surface area (Å²) in [7, 11) is 1.52. The number of ether oxygens (including phenoxy) is 2. The van der Waals surface area contributed by atoms with E-state index >= 15 is 0 Å². The topological polar surface area (TPSA) is 55.8 Å². The van der Waals surface area contributed by atoms with Crippen LogP contribution < -0.4 is 0 Å². The molecule has 0 unspecified atom stereocenters. The largest absolute Gasteiger partial charge is 0.464 e. The maximum atomic E-state index is 11.9. The predicted molar refractivity (Wildman–Crippen MR) is 71.2 cm³/mol. The normalized spacial score (nSPS) is 14.0. The number of hydrogen-bond acceptors (Lipinski definition) is 4. The molecule has 100 valence electrons. The first kappa shape index (κ1) is 15.1. The Morgan fingerprint density at radius 2 is 2.22 bits per heavy atom. The van der Waals surface area contributed by atoms with Crippen molar-refractivity contribution in [3.63, 3.8) is 0 Å². The summed E-state index contributed by atoms with van der Waals surface area (Å²) in [4.78, 5) is 11.9. The molecular weight excluding hydrogens is 300 g/mol. The fraction of sp³-hybridized carbons (Fsp3) is 0.462. The molecule has 0 aliphatic carbocycles. The first-order chi connectivity index (χ1) is 8.54. The quantitative estimate of drug-likeness (QED) is 0.818. The van der Waals surface area contributed by atoms with E-state index in [0.717, 1.165) is 4.47 Å². The molecule has 5 heteroatoms. The first-order valence-corrected chi connectivity index (χ1v) is 6.48. The Balaban J connectivity index is 3.06. The van der Waals surface area contributed by atoms with E-state index in [-0.39, 0.29) is 19.6 Å². The lowest BCUT2D eigenvalue weighted by atomic mass is 9.91. The summed E-state index contributed by atoms with van der Waals surface area (Å²) in [6.07, 6.45) is 0.152. The molecule has 1 aromatic rings. The Morgan fingerprint density at radius 3 is 2.78 bits per heavy atom. The van der Waals surface area contributed by atoms with Crippen LogP contribution in [0, 0.1) is 0 Å². The molecule has 0 saturated carbocycles. The summed E-state index contributed by atoms with van der Waals surface area (Å²) in [5.41, 5.74) is -1.18. The maximum absolute atomic E-state index is 11.9. The van der Waals surface area contributed by atoms with Crippen molar-refractivity contribution in [2.45, 2.75) is 18.9 Å². The standard InChI is InChI=1S/C13H17BrO4/c1-3-18-12(15)13(16,7-8-17-2)10-5-4-6-11(14)9-10/h4-6,9,16H,3,7-8H2,1-2H3/t13-/m1/s1. The molecule has 0 aromatic heterocycles. The van der Waals surface area contributed by atoms with Crippen LogP contribution in [0.3, 0.4) is 0 Å². The first-order valence-electron chi connectivity index (χ1n) is 5.69. The molecule has 0 saturated heterocycles. The third-order valence-electron chi connectivity index (χ3n) is 2.58. The SMILES string of the molecule is CCOC(=O)[C@@](O)(CCOC)c1cccc(Br)c1. The van der Waals surface area contributed by atoms with Gasteiger partial charge in [-0.15, -0.1) is 0 Å². The van der Waals surface area contributed by atoms with Crippen LogP contribution in [0.1, 0.15) is 18.9 Å². The highest BCUT2D eigenvalue weighted by molar-refractivity contribution is 9.10. The van der Waals surface area contributed by atoms with E-state index in [9.17, 15) is 9.90 Å². The number of benzene rings is 1. The summed E-state index contributed by atoms with van der Waals surface area (Å²) in [5.74, 6) is -0.653. The molecule has 0 amide bonds. The molecule has 18 heavy (non-hydrogen) atoms. The lowest BCUT2D eigenvalue weighted by Crippen LogP contribution is -2.38. The zero-order valence-electron chi connectivity index (χ0n) is 10.5. The van der Waals surface area contributed by atoms with E-state index in [4.69, 9.17) is 9.47 Å². The molecular formula is C13H17BrO4. The van der Waals surface area contributed by atoms with E-state index in [1.165, 1.54) is 7.11 Å². The van der Waals surface area contributed by atoms with Gasteiger partial charge in [0.05, 0.1) is 6.61 Å². The van der Waals surface area contributed by atoms with E-state index in [0.29, 0.717) is 5.56 Å². The Morgan fingerprint density at radius 1 is 1.50 bits per heavy atom. The van der Waals surface area contributed by atoms with Gasteiger partial charge in [-0.1, -0.05) is 28.1 Å². The van der Waals surface area contributed by atoms with Crippen LogP contribution in [0.25, 0.3) is 0 Å². The highest BCUT2D eigenvalue weighted by Gasteiger charge is 2.39. The zero-order valence-corrected chi connectivity index (χ0v) is 12.1. The minimum absolute atomic E-state index is 0.152. The van der Waals surface area contributed by atoms with Crippen molar-refractivity contribution in [2.75, 3.05) is 20.3 Å². The molecule has 0 radical (unpaired) electrons. The molecule has 4 nitrogen and oxygen atoms in total. The van der Waals surface area contributed by atoms with Gasteiger partial charge in [0.25, 0.3) is 0 Å². The fourth-order valence-electron chi connectivity index (χ4n) is 1.61. The molecule has 0 aliphatic rings. The third kappa shape index (κ3) is 3.54. The Kier molecular flexibility index (Phi) is 5.78. The molecule has 1 aromatic carbocycles. The number of esters is 1. The van der Waals surface area contributed by atoms with Crippen molar-refractivity contribution in [3.05, 3.63) is 34.3 Å². The second-order valence-electron chi connectivity index (χ2n) is 3.83. The van der Waals surface area contributed by atoms with Crippen LogP contribution in [0.2, 0.25) is 0 Å². The smallest absolute Gasteiger partial charge is 0.342 e. The number of methoxy groups -OCH3 is 1. The molecule has 0 aliphatic heterocycles. The van der Waals surface area contributed by atoms with Gasteiger partial charge in [-0.2, -0.15) is 0 Å². The van der Waals surface area contributed by atoms with Crippen LogP contribution in [0.5, 0.6) is 0 Å². The van der Waals surface area contributed by atoms with Crippen molar-refractivity contribution in [2.24, 2.45) is 0 Å². The van der Waals surface area contributed by atoms with Crippen LogP contribution in [0.15, 0.2) is 28.7 Å². The molecule has 0 bridgehead atoms. The molecule has 1 rings (SSSR count). The lowest BCUT2D eigenvalue weighted by Gasteiger charge is -2.26. The van der Waals surface area contributed by atoms with Gasteiger partial charge in [-0.3, -0.25) is 0 Å². The van der Waals surface area contributed by atoms with Gasteiger partial charge in [-0.05, 0) is 24.6 Å². The number of hydrogen-bond donors (Lipinski definition) is 1. The highest BCUT2D eigenvalue weighted by Crippen LogP contribution is 2.29. The van der Waals surface area contributed by atoms with E-state index in [1.54, 1.807) is 25.1 Å². The van der Waals surface area contributed by atoms with Crippen molar-refractivity contribution in [3.8, 4) is 0 Å². The summed E-state index contributed by atoms with van der Waals surface area (Å²) in [5, 5.41) is 10.6. The van der Waals surface area contributed by atoms with Gasteiger partial charge >= 0.3 is 5.97 Å². The van der Waals surface area contributed by atoms with Gasteiger partial charge < -0.3 is 14.6 Å². The summed E-state index contributed by atoms with van der Waals surface area (Å²) >= 11 is 3.32. The van der Waals surface area contributed by atoms with Crippen molar-refractivity contribution >= 4 is 21.9 Å². The van der Waals surface area contributed by atoms with Crippen molar-refractivity contribution < 1.29 is 19.4 Å². The van der Waals surface area contributed by atoms with E-state index in [2.05, 4.69) is 15.9 Å². The summed E-state index contributed by atoms with van der Waals surface area (Å²) in [6, 6.07) is 6.98. The molecule has 0 spiro atoms. The van der Waals surface area contributed by atoms with Crippen molar-refractivity contribution in [1.29, 1.82) is 0 Å². The van der Waals surface area contributed by atoms with E-state index in [1.807, 2.05) is 6.07 Å². The second kappa shape index (κ2) is 6.87. The summed E-state index contributed by atoms with van der Waals surface area (Å²) in [6.45, 7) is 2.19. The van der Waals surface area contributed by atoms with Crippen molar-refractivity contribution in [1.82, 2.24) is 0 Å². The van der Waals surface area contributed by atoms with Gasteiger partial charge in [0.1, 0.15) is 0 Å². The van der Waals surface area contributed by atoms with Gasteiger partial charge in [0, 0.05) is 24.6 Å². The molecule has 1 N–H and O–H groups in total. The van der Waals surface area contributed by atoms with E-state index < -0.39 is 11.6 Å². The number of halogens is 1. The van der Waals surface area contributed by atoms with Crippen LogP contribution >= 0.6 is 15.9 Å². The predicted octanol–water partition coefficient (Wildman–Crippen LogP) is 2.24. The Hall–Kier alpha value is -0.910. The van der Waals surface area contributed by atoms with Crippen LogP contribution in [-0.2, 0) is 19.9 Å². The number of carbonyl (C=O) groups is 1. The molecule has 1 atom stereocenters. The maximum Gasteiger partial charge on any atom is 0.342 e. The fourth-order valence-corrected chi connectivity index (χ4v) is 2.01.